The van der Waals surface area contributed by atoms with Crippen molar-refractivity contribution in [2.24, 2.45) is 4.99 Å². The summed E-state index contributed by atoms with van der Waals surface area (Å²) in [7, 11) is 0. The highest BCUT2D eigenvalue weighted by molar-refractivity contribution is 5.57. The second-order valence-electron chi connectivity index (χ2n) is 2.74. The van der Waals surface area contributed by atoms with Gasteiger partial charge in [-0.25, -0.2) is 18.0 Å². The third kappa shape index (κ3) is 1.42. The zero-order chi connectivity index (χ0) is 10.9. The number of carbonyl (C=O) groups excluding carboxylic acids is 1. The molecule has 1 aromatic rings. The van der Waals surface area contributed by atoms with Crippen molar-refractivity contribution in [2.75, 3.05) is 0 Å². The van der Waals surface area contributed by atoms with Crippen LogP contribution in [0.5, 0.6) is 0 Å². The summed E-state index contributed by atoms with van der Waals surface area (Å²) < 4.78 is 38.7. The minimum Gasteiger partial charge on any atom is -0.211 e. The molecule has 1 rings (SSSR count). The highest BCUT2D eigenvalue weighted by Crippen LogP contribution is 2.29. The van der Waals surface area contributed by atoms with Crippen molar-refractivity contribution in [1.82, 2.24) is 0 Å². The molecule has 0 amide bonds. The van der Waals surface area contributed by atoms with Gasteiger partial charge in [-0.1, -0.05) is 0 Å². The van der Waals surface area contributed by atoms with Crippen LogP contribution in [-0.4, -0.2) is 6.08 Å². The molecule has 0 saturated heterocycles. The first-order chi connectivity index (χ1) is 6.50. The van der Waals surface area contributed by atoms with Crippen molar-refractivity contribution in [2.45, 2.75) is 13.8 Å². The van der Waals surface area contributed by atoms with Crippen LogP contribution in [0.25, 0.3) is 0 Å². The molecule has 2 nitrogen and oxygen atoms in total. The molecule has 0 aromatic heterocycles. The summed E-state index contributed by atoms with van der Waals surface area (Å²) in [6.45, 7) is 2.62. The standard InChI is InChI=1S/C9H6F3NO/c1-4-5(2)9(13-3-14)8(12)7(11)6(4)10/h1-2H3. The van der Waals surface area contributed by atoms with Crippen molar-refractivity contribution >= 4 is 11.8 Å². The van der Waals surface area contributed by atoms with Gasteiger partial charge in [-0.3, -0.25) is 0 Å². The van der Waals surface area contributed by atoms with E-state index in [0.29, 0.717) is 0 Å². The Kier molecular flexibility index (Phi) is 2.72. The highest BCUT2D eigenvalue weighted by atomic mass is 19.2. The van der Waals surface area contributed by atoms with Gasteiger partial charge < -0.3 is 0 Å². The zero-order valence-corrected chi connectivity index (χ0v) is 7.49. The van der Waals surface area contributed by atoms with Gasteiger partial charge in [0, 0.05) is 0 Å². The summed E-state index contributed by atoms with van der Waals surface area (Å²) >= 11 is 0. The van der Waals surface area contributed by atoms with Crippen molar-refractivity contribution in [3.05, 3.63) is 28.6 Å². The first-order valence-electron chi connectivity index (χ1n) is 3.72. The normalized spacial score (nSPS) is 9.79. The Bertz CT molecular complexity index is 407. The van der Waals surface area contributed by atoms with Gasteiger partial charge in [0.25, 0.3) is 0 Å². The van der Waals surface area contributed by atoms with Crippen molar-refractivity contribution in [3.63, 3.8) is 0 Å². The SMILES string of the molecule is Cc1c(C)c(N=C=O)c(F)c(F)c1F. The van der Waals surface area contributed by atoms with E-state index in [-0.39, 0.29) is 11.1 Å². The van der Waals surface area contributed by atoms with Crippen molar-refractivity contribution in [1.29, 1.82) is 0 Å². The first-order valence-corrected chi connectivity index (χ1v) is 3.72. The quantitative estimate of drug-likeness (QED) is 0.390. The summed E-state index contributed by atoms with van der Waals surface area (Å²) in [6.07, 6.45) is 1.09. The van der Waals surface area contributed by atoms with Crippen molar-refractivity contribution < 1.29 is 18.0 Å². The summed E-state index contributed by atoms with van der Waals surface area (Å²) in [5.74, 6) is -4.35. The molecule has 5 heteroatoms. The van der Waals surface area contributed by atoms with E-state index in [4.69, 9.17) is 0 Å². The van der Waals surface area contributed by atoms with Gasteiger partial charge in [-0.05, 0) is 25.0 Å². The molecule has 0 fully saturated rings. The lowest BCUT2D eigenvalue weighted by Gasteiger charge is -2.06. The van der Waals surface area contributed by atoms with Crippen molar-refractivity contribution in [3.8, 4) is 0 Å². The Morgan fingerprint density at radius 3 is 2.07 bits per heavy atom. The van der Waals surface area contributed by atoms with Crippen LogP contribution < -0.4 is 0 Å². The molecule has 0 aliphatic rings. The smallest absolute Gasteiger partial charge is 0.211 e. The number of benzene rings is 1. The van der Waals surface area contributed by atoms with E-state index in [1.807, 2.05) is 0 Å². The third-order valence-corrected chi connectivity index (χ3v) is 2.00. The van der Waals surface area contributed by atoms with Crippen LogP contribution in [-0.2, 0) is 4.79 Å². The summed E-state index contributed by atoms with van der Waals surface area (Å²) in [6, 6.07) is 0. The molecular weight excluding hydrogens is 195 g/mol. The molecule has 0 atom stereocenters. The van der Waals surface area contributed by atoms with Gasteiger partial charge >= 0.3 is 0 Å². The highest BCUT2D eigenvalue weighted by Gasteiger charge is 2.19. The maximum atomic E-state index is 13.0. The van der Waals surface area contributed by atoms with E-state index in [1.165, 1.54) is 13.8 Å². The molecule has 0 N–H and O–H groups in total. The fourth-order valence-corrected chi connectivity index (χ4v) is 1.05. The van der Waals surface area contributed by atoms with Gasteiger partial charge in [-0.2, -0.15) is 4.99 Å². The summed E-state index contributed by atoms with van der Waals surface area (Å²) in [5.41, 5.74) is -0.487. The predicted molar refractivity (Wildman–Crippen MR) is 43.6 cm³/mol. The third-order valence-electron chi connectivity index (χ3n) is 2.00. The van der Waals surface area contributed by atoms with Crippen LogP contribution in [0.1, 0.15) is 11.1 Å². The molecule has 0 bridgehead atoms. The minimum atomic E-state index is -1.62. The lowest BCUT2D eigenvalue weighted by atomic mass is 10.1. The molecule has 14 heavy (non-hydrogen) atoms. The number of hydrogen-bond acceptors (Lipinski definition) is 2. The van der Waals surface area contributed by atoms with E-state index in [1.54, 1.807) is 0 Å². The van der Waals surface area contributed by atoms with Crippen LogP contribution in [0.4, 0.5) is 18.9 Å². The molecule has 0 unspecified atom stereocenters. The first kappa shape index (κ1) is 10.5. The summed E-state index contributed by atoms with van der Waals surface area (Å²) in [5, 5.41) is 0. The maximum Gasteiger partial charge on any atom is 0.240 e. The largest absolute Gasteiger partial charge is 0.240 e. The van der Waals surface area contributed by atoms with Gasteiger partial charge in [0.05, 0.1) is 0 Å². The molecule has 0 radical (unpaired) electrons. The van der Waals surface area contributed by atoms with Crippen LogP contribution in [0, 0.1) is 31.3 Å². The zero-order valence-electron chi connectivity index (χ0n) is 7.49. The summed E-state index contributed by atoms with van der Waals surface area (Å²) in [4.78, 5) is 12.9. The fourth-order valence-electron chi connectivity index (χ4n) is 1.05. The Morgan fingerprint density at radius 1 is 1.00 bits per heavy atom. The molecule has 74 valence electrons. The van der Waals surface area contributed by atoms with E-state index in [9.17, 15) is 18.0 Å². The average molecular weight is 201 g/mol. The van der Waals surface area contributed by atoms with Gasteiger partial charge in [0.2, 0.25) is 6.08 Å². The second kappa shape index (κ2) is 3.64. The lowest BCUT2D eigenvalue weighted by Crippen LogP contribution is -1.98. The molecule has 0 spiro atoms. The average Bonchev–Trinajstić information content (AvgIpc) is 2.19. The molecule has 0 heterocycles. The Morgan fingerprint density at radius 2 is 1.57 bits per heavy atom. The number of aliphatic imine (C=N–C) groups is 1. The van der Waals surface area contributed by atoms with E-state index in [2.05, 4.69) is 4.99 Å². The minimum absolute atomic E-state index is 0.0714. The number of hydrogen-bond donors (Lipinski definition) is 0. The molecule has 0 aliphatic carbocycles. The van der Waals surface area contributed by atoms with E-state index < -0.39 is 23.1 Å². The topological polar surface area (TPSA) is 29.4 Å². The van der Waals surface area contributed by atoms with Crippen LogP contribution in [0.2, 0.25) is 0 Å². The molecular formula is C9H6F3NO. The monoisotopic (exact) mass is 201 g/mol. The lowest BCUT2D eigenvalue weighted by molar-refractivity contribution is 0.443. The second-order valence-corrected chi connectivity index (χ2v) is 2.74. The van der Waals surface area contributed by atoms with Gasteiger partial charge in [0.1, 0.15) is 5.69 Å². The molecule has 0 saturated carbocycles. The van der Waals surface area contributed by atoms with Crippen LogP contribution in [0.15, 0.2) is 4.99 Å². The Hall–Kier alpha value is -1.61. The van der Waals surface area contributed by atoms with Crippen LogP contribution >= 0.6 is 0 Å². The van der Waals surface area contributed by atoms with Crippen LogP contribution in [0.3, 0.4) is 0 Å². The maximum absolute atomic E-state index is 13.0. The van der Waals surface area contributed by atoms with E-state index in [0.717, 1.165) is 6.08 Å². The van der Waals surface area contributed by atoms with E-state index >= 15 is 0 Å². The number of nitrogens with zero attached hydrogens (tertiary/aromatic N) is 1. The predicted octanol–water partition coefficient (Wildman–Crippen LogP) is 2.69. The molecule has 0 aliphatic heterocycles. The number of rotatable bonds is 1. The number of halogens is 3. The Labute approximate surface area is 78.1 Å². The fraction of sp³-hybridized carbons (Fsp3) is 0.222. The van der Waals surface area contributed by atoms with Gasteiger partial charge in [0.15, 0.2) is 17.5 Å². The molecule has 1 aromatic carbocycles. The Balaban J connectivity index is 3.67. The number of isocyanates is 1. The van der Waals surface area contributed by atoms with Gasteiger partial charge in [-0.15, -0.1) is 0 Å².